The van der Waals surface area contributed by atoms with Crippen LogP contribution in [0.2, 0.25) is 0 Å². The fourth-order valence-electron chi connectivity index (χ4n) is 5.33. The summed E-state index contributed by atoms with van der Waals surface area (Å²) in [5.41, 5.74) is -1.12. The number of piperidine rings is 1. The fourth-order valence-corrected chi connectivity index (χ4v) is 5.33. The first-order valence-corrected chi connectivity index (χ1v) is 11.8. The average Bonchev–Trinajstić information content (AvgIpc) is 3.34. The minimum absolute atomic E-state index is 0.0248. The molecule has 0 unspecified atom stereocenters. The summed E-state index contributed by atoms with van der Waals surface area (Å²) >= 11 is 0. The summed E-state index contributed by atoms with van der Waals surface area (Å²) in [4.78, 5) is 14.5. The van der Waals surface area contributed by atoms with Crippen LogP contribution < -0.4 is 4.74 Å². The van der Waals surface area contributed by atoms with Gasteiger partial charge in [-0.05, 0) is 70.4 Å². The standard InChI is InChI=1S/C25H36FNO5/c1-23(2,29)20-7-9-24(3,32-20)21-16-25(17-31-21)10-12-27(13-11-25)22(28)8-14-30-19-6-4-5-18(26)15-19/h4-6,15,20-21,29H,7-14,16-17H2,1-3H3/t20-,21+,24+/m0/s1. The molecule has 1 N–H and O–H groups in total. The van der Waals surface area contributed by atoms with Crippen molar-refractivity contribution in [1.82, 2.24) is 4.90 Å². The zero-order chi connectivity index (χ0) is 23.0. The number of halogens is 1. The monoisotopic (exact) mass is 449 g/mol. The molecule has 7 heteroatoms. The van der Waals surface area contributed by atoms with Crippen LogP contribution in [-0.4, -0.2) is 65.6 Å². The molecule has 3 saturated heterocycles. The Morgan fingerprint density at radius 1 is 1.31 bits per heavy atom. The van der Waals surface area contributed by atoms with Gasteiger partial charge in [0, 0.05) is 19.2 Å². The topological polar surface area (TPSA) is 68.2 Å². The molecule has 0 radical (unpaired) electrons. The second kappa shape index (κ2) is 8.92. The molecule has 3 aliphatic heterocycles. The van der Waals surface area contributed by atoms with E-state index in [2.05, 4.69) is 6.92 Å². The van der Waals surface area contributed by atoms with Gasteiger partial charge in [0.05, 0.1) is 43.0 Å². The van der Waals surface area contributed by atoms with Crippen molar-refractivity contribution in [3.05, 3.63) is 30.1 Å². The van der Waals surface area contributed by atoms with E-state index in [9.17, 15) is 14.3 Å². The summed E-state index contributed by atoms with van der Waals surface area (Å²) < 4.78 is 31.3. The van der Waals surface area contributed by atoms with Gasteiger partial charge in [-0.25, -0.2) is 4.39 Å². The van der Waals surface area contributed by atoms with Crippen molar-refractivity contribution < 1.29 is 28.5 Å². The van der Waals surface area contributed by atoms with E-state index in [4.69, 9.17) is 14.2 Å². The number of aliphatic hydroxyl groups is 1. The molecule has 32 heavy (non-hydrogen) atoms. The number of benzene rings is 1. The van der Waals surface area contributed by atoms with E-state index in [1.807, 2.05) is 4.90 Å². The van der Waals surface area contributed by atoms with Gasteiger partial charge < -0.3 is 24.2 Å². The van der Waals surface area contributed by atoms with Crippen molar-refractivity contribution in [2.24, 2.45) is 5.41 Å². The predicted octanol–water partition coefficient (Wildman–Crippen LogP) is 3.70. The number of hydrogen-bond acceptors (Lipinski definition) is 5. The molecule has 1 aromatic carbocycles. The lowest BCUT2D eigenvalue weighted by Crippen LogP contribution is -2.45. The molecule has 3 aliphatic rings. The van der Waals surface area contributed by atoms with Crippen molar-refractivity contribution >= 4 is 5.91 Å². The zero-order valence-electron chi connectivity index (χ0n) is 19.4. The molecule has 1 spiro atoms. The number of likely N-dealkylation sites (tertiary alicyclic amines) is 1. The molecule has 0 aliphatic carbocycles. The SMILES string of the molecule is CC(C)(O)[C@@H]1CC[C@](C)([C@H]2CC3(CCN(C(=O)CCOc4cccc(F)c4)CC3)CO2)O1. The highest BCUT2D eigenvalue weighted by molar-refractivity contribution is 5.76. The van der Waals surface area contributed by atoms with Gasteiger partial charge in [0.2, 0.25) is 5.91 Å². The molecule has 4 rings (SSSR count). The maximum atomic E-state index is 13.2. The number of carbonyl (C=O) groups is 1. The Morgan fingerprint density at radius 2 is 2.06 bits per heavy atom. The number of rotatable bonds is 6. The smallest absolute Gasteiger partial charge is 0.225 e. The van der Waals surface area contributed by atoms with Crippen LogP contribution in [-0.2, 0) is 14.3 Å². The Balaban J connectivity index is 1.23. The van der Waals surface area contributed by atoms with Crippen molar-refractivity contribution in [1.29, 1.82) is 0 Å². The van der Waals surface area contributed by atoms with Crippen molar-refractivity contribution in [3.63, 3.8) is 0 Å². The fraction of sp³-hybridized carbons (Fsp3) is 0.720. The van der Waals surface area contributed by atoms with Crippen LogP contribution in [0.15, 0.2) is 24.3 Å². The Bertz CT molecular complexity index is 817. The number of amides is 1. The third-order valence-corrected chi connectivity index (χ3v) is 7.55. The molecule has 1 aromatic rings. The van der Waals surface area contributed by atoms with Crippen LogP contribution in [0.25, 0.3) is 0 Å². The minimum atomic E-state index is -0.849. The van der Waals surface area contributed by atoms with E-state index >= 15 is 0 Å². The quantitative estimate of drug-likeness (QED) is 0.717. The Morgan fingerprint density at radius 3 is 2.72 bits per heavy atom. The predicted molar refractivity (Wildman–Crippen MR) is 118 cm³/mol. The van der Waals surface area contributed by atoms with Gasteiger partial charge in [0.1, 0.15) is 11.6 Å². The van der Waals surface area contributed by atoms with Gasteiger partial charge in [0.25, 0.3) is 0 Å². The summed E-state index contributed by atoms with van der Waals surface area (Å²) in [6.07, 6.45) is 4.65. The summed E-state index contributed by atoms with van der Waals surface area (Å²) in [5.74, 6) is 0.171. The van der Waals surface area contributed by atoms with E-state index in [0.717, 1.165) is 45.2 Å². The lowest BCUT2D eigenvalue weighted by molar-refractivity contribution is -0.155. The summed E-state index contributed by atoms with van der Waals surface area (Å²) in [6, 6.07) is 5.97. The van der Waals surface area contributed by atoms with E-state index in [-0.39, 0.29) is 48.0 Å². The van der Waals surface area contributed by atoms with Crippen LogP contribution in [0.5, 0.6) is 5.75 Å². The third-order valence-electron chi connectivity index (χ3n) is 7.55. The molecule has 3 fully saturated rings. The number of hydrogen-bond donors (Lipinski definition) is 1. The largest absolute Gasteiger partial charge is 0.493 e. The molecule has 3 heterocycles. The molecule has 0 bridgehead atoms. The van der Waals surface area contributed by atoms with Gasteiger partial charge >= 0.3 is 0 Å². The summed E-state index contributed by atoms with van der Waals surface area (Å²) in [6.45, 7) is 8.10. The molecule has 3 atom stereocenters. The summed E-state index contributed by atoms with van der Waals surface area (Å²) in [7, 11) is 0. The van der Waals surface area contributed by atoms with Crippen molar-refractivity contribution in [3.8, 4) is 5.75 Å². The van der Waals surface area contributed by atoms with Crippen molar-refractivity contribution in [2.75, 3.05) is 26.3 Å². The van der Waals surface area contributed by atoms with E-state index in [1.165, 1.54) is 12.1 Å². The number of nitrogens with zero attached hydrogens (tertiary/aromatic N) is 1. The molecule has 0 saturated carbocycles. The first kappa shape index (κ1) is 23.5. The van der Waals surface area contributed by atoms with Gasteiger partial charge in [-0.2, -0.15) is 0 Å². The van der Waals surface area contributed by atoms with Crippen molar-refractivity contribution in [2.45, 2.75) is 82.7 Å². The summed E-state index contributed by atoms with van der Waals surface area (Å²) in [5, 5.41) is 10.3. The average molecular weight is 450 g/mol. The Kier molecular flexibility index (Phi) is 6.54. The van der Waals surface area contributed by atoms with Gasteiger partial charge in [-0.1, -0.05) is 6.07 Å². The minimum Gasteiger partial charge on any atom is -0.493 e. The first-order valence-electron chi connectivity index (χ1n) is 11.8. The lowest BCUT2D eigenvalue weighted by atomic mass is 9.74. The number of carbonyl (C=O) groups excluding carboxylic acids is 1. The maximum Gasteiger partial charge on any atom is 0.225 e. The van der Waals surface area contributed by atoms with E-state index < -0.39 is 5.60 Å². The van der Waals surface area contributed by atoms with Crippen LogP contribution in [0.1, 0.15) is 59.3 Å². The molecule has 178 valence electrons. The van der Waals surface area contributed by atoms with Crippen LogP contribution >= 0.6 is 0 Å². The molecule has 6 nitrogen and oxygen atoms in total. The second-order valence-electron chi connectivity index (χ2n) is 10.6. The van der Waals surface area contributed by atoms with Crippen LogP contribution in [0, 0.1) is 11.2 Å². The van der Waals surface area contributed by atoms with Crippen LogP contribution in [0.4, 0.5) is 4.39 Å². The second-order valence-corrected chi connectivity index (χ2v) is 10.6. The van der Waals surface area contributed by atoms with Gasteiger partial charge in [-0.15, -0.1) is 0 Å². The molecule has 0 aromatic heterocycles. The molecular weight excluding hydrogens is 413 g/mol. The first-order chi connectivity index (χ1) is 15.1. The highest BCUT2D eigenvalue weighted by Crippen LogP contribution is 2.49. The maximum absolute atomic E-state index is 13.2. The Labute approximate surface area is 190 Å². The number of ether oxygens (including phenoxy) is 3. The molecular formula is C25H36FNO5. The Hall–Kier alpha value is -1.70. The van der Waals surface area contributed by atoms with E-state index in [1.54, 1.807) is 26.0 Å². The molecule has 1 amide bonds. The zero-order valence-corrected chi connectivity index (χ0v) is 19.4. The normalized spacial score (nSPS) is 30.1. The van der Waals surface area contributed by atoms with E-state index in [0.29, 0.717) is 12.4 Å². The van der Waals surface area contributed by atoms with Crippen LogP contribution in [0.3, 0.4) is 0 Å². The van der Waals surface area contributed by atoms with Gasteiger partial charge in [-0.3, -0.25) is 4.79 Å². The highest BCUT2D eigenvalue weighted by atomic mass is 19.1. The third kappa shape index (κ3) is 5.10. The highest BCUT2D eigenvalue weighted by Gasteiger charge is 2.53. The van der Waals surface area contributed by atoms with Gasteiger partial charge in [0.15, 0.2) is 0 Å². The lowest BCUT2D eigenvalue weighted by Gasteiger charge is -2.39.